The van der Waals surface area contributed by atoms with Crippen LogP contribution in [0.2, 0.25) is 0 Å². The van der Waals surface area contributed by atoms with Gasteiger partial charge in [0.05, 0.1) is 24.4 Å². The topological polar surface area (TPSA) is 45.6 Å². The van der Waals surface area contributed by atoms with Crippen molar-refractivity contribution < 1.29 is 9.84 Å². The summed E-state index contributed by atoms with van der Waals surface area (Å²) in [6, 6.07) is 15.7. The molecule has 1 aliphatic rings. The Morgan fingerprint density at radius 3 is 2.67 bits per heavy atom. The molecule has 122 valence electrons. The fraction of sp³-hybridized carbons (Fsp3) is 0.250. The van der Waals surface area contributed by atoms with Gasteiger partial charge in [0.15, 0.2) is 0 Å². The quantitative estimate of drug-likeness (QED) is 0.781. The smallest absolute Gasteiger partial charge is 0.116 e. The Morgan fingerprint density at radius 1 is 1.04 bits per heavy atom. The van der Waals surface area contributed by atoms with Crippen LogP contribution in [0, 0.1) is 6.92 Å². The monoisotopic (exact) mass is 320 g/mol. The molecular weight excluding hydrogens is 300 g/mol. The number of morpholine rings is 1. The molecule has 0 aliphatic carbocycles. The van der Waals surface area contributed by atoms with E-state index in [9.17, 15) is 5.11 Å². The maximum absolute atomic E-state index is 9.69. The zero-order chi connectivity index (χ0) is 16.5. The highest BCUT2D eigenvalue weighted by molar-refractivity contribution is 5.88. The molecule has 0 saturated carbocycles. The number of pyridine rings is 1. The molecule has 1 aromatic heterocycles. The molecule has 3 aromatic rings. The molecule has 2 heterocycles. The van der Waals surface area contributed by atoms with Gasteiger partial charge in [0, 0.05) is 29.7 Å². The summed E-state index contributed by atoms with van der Waals surface area (Å²) in [7, 11) is 0. The largest absolute Gasteiger partial charge is 0.508 e. The van der Waals surface area contributed by atoms with Crippen molar-refractivity contribution in [1.29, 1.82) is 0 Å². The van der Waals surface area contributed by atoms with E-state index in [0.29, 0.717) is 0 Å². The third-order valence-electron chi connectivity index (χ3n) is 4.52. The molecule has 4 rings (SSSR count). The summed E-state index contributed by atoms with van der Waals surface area (Å²) in [6.45, 7) is 5.54. The minimum absolute atomic E-state index is 0.259. The van der Waals surface area contributed by atoms with Crippen molar-refractivity contribution in [3.63, 3.8) is 0 Å². The Bertz CT molecular complexity index is 886. The second-order valence-corrected chi connectivity index (χ2v) is 6.18. The van der Waals surface area contributed by atoms with E-state index in [1.807, 2.05) is 12.1 Å². The van der Waals surface area contributed by atoms with Gasteiger partial charge in [-0.2, -0.15) is 0 Å². The summed E-state index contributed by atoms with van der Waals surface area (Å²) in [6.07, 6.45) is 0. The molecule has 1 fully saturated rings. The summed E-state index contributed by atoms with van der Waals surface area (Å²) in [5.74, 6) is 0.259. The van der Waals surface area contributed by atoms with Crippen LogP contribution in [0.3, 0.4) is 0 Å². The van der Waals surface area contributed by atoms with Gasteiger partial charge in [-0.05, 0) is 48.9 Å². The molecular formula is C20H20N2O2. The zero-order valence-electron chi connectivity index (χ0n) is 13.7. The van der Waals surface area contributed by atoms with Crippen LogP contribution in [0.1, 0.15) is 5.56 Å². The van der Waals surface area contributed by atoms with Crippen LogP contribution in [0.4, 0.5) is 5.69 Å². The van der Waals surface area contributed by atoms with Gasteiger partial charge in [-0.1, -0.05) is 12.1 Å². The molecule has 0 unspecified atom stereocenters. The number of hydrogen-bond acceptors (Lipinski definition) is 4. The van der Waals surface area contributed by atoms with Crippen LogP contribution in [0.15, 0.2) is 48.5 Å². The van der Waals surface area contributed by atoms with E-state index < -0.39 is 0 Å². The number of anilines is 1. The Balaban J connectivity index is 1.76. The Hall–Kier alpha value is -2.59. The van der Waals surface area contributed by atoms with Gasteiger partial charge in [0.25, 0.3) is 0 Å². The third-order valence-corrected chi connectivity index (χ3v) is 4.52. The van der Waals surface area contributed by atoms with Gasteiger partial charge >= 0.3 is 0 Å². The number of aromatic nitrogens is 1. The highest BCUT2D eigenvalue weighted by atomic mass is 16.5. The van der Waals surface area contributed by atoms with E-state index in [1.165, 1.54) is 16.6 Å². The number of aryl methyl sites for hydroxylation is 1. The molecule has 4 nitrogen and oxygen atoms in total. The highest BCUT2D eigenvalue weighted by Crippen LogP contribution is 2.29. The van der Waals surface area contributed by atoms with E-state index in [0.717, 1.165) is 43.1 Å². The number of hydrogen-bond donors (Lipinski definition) is 1. The van der Waals surface area contributed by atoms with E-state index >= 15 is 0 Å². The lowest BCUT2D eigenvalue weighted by atomic mass is 10.0. The van der Waals surface area contributed by atoms with Crippen LogP contribution in [-0.2, 0) is 4.74 Å². The molecule has 0 spiro atoms. The fourth-order valence-corrected chi connectivity index (χ4v) is 3.21. The molecule has 24 heavy (non-hydrogen) atoms. The Morgan fingerprint density at radius 2 is 1.88 bits per heavy atom. The third kappa shape index (κ3) is 2.81. The number of benzene rings is 2. The predicted molar refractivity (Wildman–Crippen MR) is 96.6 cm³/mol. The summed E-state index contributed by atoms with van der Waals surface area (Å²) in [5.41, 5.74) is 5.20. The number of ether oxygens (including phenoxy) is 1. The van der Waals surface area contributed by atoms with Crippen molar-refractivity contribution in [2.75, 3.05) is 31.2 Å². The number of phenols is 1. The van der Waals surface area contributed by atoms with Crippen LogP contribution < -0.4 is 4.90 Å². The van der Waals surface area contributed by atoms with Crippen LogP contribution >= 0.6 is 0 Å². The van der Waals surface area contributed by atoms with Gasteiger partial charge in [0.2, 0.25) is 0 Å². The van der Waals surface area contributed by atoms with Gasteiger partial charge in [-0.15, -0.1) is 0 Å². The number of nitrogens with zero attached hydrogens (tertiary/aromatic N) is 2. The summed E-state index contributed by atoms with van der Waals surface area (Å²) in [4.78, 5) is 7.13. The summed E-state index contributed by atoms with van der Waals surface area (Å²) < 4.78 is 5.43. The molecule has 0 amide bonds. The zero-order valence-corrected chi connectivity index (χ0v) is 13.7. The first kappa shape index (κ1) is 15.0. The maximum atomic E-state index is 9.69. The van der Waals surface area contributed by atoms with Gasteiger partial charge in [0.1, 0.15) is 5.75 Å². The lowest BCUT2D eigenvalue weighted by Gasteiger charge is -2.29. The van der Waals surface area contributed by atoms with E-state index in [-0.39, 0.29) is 5.75 Å². The van der Waals surface area contributed by atoms with Crippen LogP contribution in [0.5, 0.6) is 5.75 Å². The van der Waals surface area contributed by atoms with Crippen molar-refractivity contribution >= 4 is 16.6 Å². The second-order valence-electron chi connectivity index (χ2n) is 6.18. The SMILES string of the molecule is Cc1cc(-c2cccc(O)c2)nc2ccc(N3CCOCC3)cc12. The minimum atomic E-state index is 0.259. The Labute approximate surface area is 141 Å². The second kappa shape index (κ2) is 6.13. The van der Waals surface area contributed by atoms with Gasteiger partial charge < -0.3 is 14.7 Å². The van der Waals surface area contributed by atoms with Crippen molar-refractivity contribution in [3.8, 4) is 17.0 Å². The lowest BCUT2D eigenvalue weighted by Crippen LogP contribution is -2.36. The van der Waals surface area contributed by atoms with Crippen molar-refractivity contribution in [2.45, 2.75) is 6.92 Å². The van der Waals surface area contributed by atoms with Crippen molar-refractivity contribution in [1.82, 2.24) is 4.98 Å². The first-order valence-corrected chi connectivity index (χ1v) is 8.24. The molecule has 0 atom stereocenters. The molecule has 4 heteroatoms. The highest BCUT2D eigenvalue weighted by Gasteiger charge is 2.13. The molecule has 1 saturated heterocycles. The Kier molecular flexibility index (Phi) is 3.82. The molecule has 0 radical (unpaired) electrons. The van der Waals surface area contributed by atoms with E-state index in [2.05, 4.69) is 36.1 Å². The van der Waals surface area contributed by atoms with Crippen molar-refractivity contribution in [2.24, 2.45) is 0 Å². The number of fused-ring (bicyclic) bond motifs is 1. The average molecular weight is 320 g/mol. The minimum Gasteiger partial charge on any atom is -0.508 e. The number of phenolic OH excluding ortho intramolecular Hbond substituents is 1. The normalized spacial score (nSPS) is 15.0. The molecule has 1 aliphatic heterocycles. The average Bonchev–Trinajstić information content (AvgIpc) is 2.62. The van der Waals surface area contributed by atoms with Crippen molar-refractivity contribution in [3.05, 3.63) is 54.1 Å². The van der Waals surface area contributed by atoms with Gasteiger partial charge in [-0.3, -0.25) is 0 Å². The van der Waals surface area contributed by atoms with Gasteiger partial charge in [-0.25, -0.2) is 4.98 Å². The standard InChI is InChI=1S/C20H20N2O2/c1-14-11-20(15-3-2-4-17(23)12-15)21-19-6-5-16(13-18(14)19)22-7-9-24-10-8-22/h2-6,11-13,23H,7-10H2,1H3. The first-order chi connectivity index (χ1) is 11.7. The molecule has 2 aromatic carbocycles. The first-order valence-electron chi connectivity index (χ1n) is 8.24. The number of aromatic hydroxyl groups is 1. The number of rotatable bonds is 2. The predicted octanol–water partition coefficient (Wildman–Crippen LogP) is 3.75. The molecule has 0 bridgehead atoms. The van der Waals surface area contributed by atoms with E-state index in [4.69, 9.17) is 9.72 Å². The van der Waals surface area contributed by atoms with Crippen LogP contribution in [0.25, 0.3) is 22.2 Å². The maximum Gasteiger partial charge on any atom is 0.116 e. The fourth-order valence-electron chi connectivity index (χ4n) is 3.21. The van der Waals surface area contributed by atoms with E-state index in [1.54, 1.807) is 12.1 Å². The summed E-state index contributed by atoms with van der Waals surface area (Å²) >= 11 is 0. The summed E-state index contributed by atoms with van der Waals surface area (Å²) in [5, 5.41) is 10.9. The molecule has 1 N–H and O–H groups in total. The lowest BCUT2D eigenvalue weighted by molar-refractivity contribution is 0.122. The van der Waals surface area contributed by atoms with Crippen LogP contribution in [-0.4, -0.2) is 36.4 Å².